The van der Waals surface area contributed by atoms with Crippen LogP contribution in [0.4, 0.5) is 77.5 Å². The molecule has 0 N–H and O–H groups in total. The van der Waals surface area contributed by atoms with E-state index in [1.54, 1.807) is 23.5 Å². The molecule has 2 aromatic heterocycles. The van der Waals surface area contributed by atoms with Crippen LogP contribution >= 0.6 is 11.3 Å². The molecule has 0 saturated carbocycles. The maximum absolute atomic E-state index is 15.5. The van der Waals surface area contributed by atoms with Crippen LogP contribution in [0.5, 0.6) is 0 Å². The van der Waals surface area contributed by atoms with Gasteiger partial charge in [0.15, 0.2) is 0 Å². The molecule has 0 bridgehead atoms. The fraction of sp³-hybridized carbons (Fsp3) is 0.128. The third-order valence-electron chi connectivity index (χ3n) is 20.2. The lowest BCUT2D eigenvalue weighted by molar-refractivity contribution is -0.138. The third-order valence-corrected chi connectivity index (χ3v) is 25.8. The first-order valence-electron chi connectivity index (χ1n) is 33.3. The predicted molar refractivity (Wildman–Crippen MR) is 404 cm³/mol. The number of fused-ring (bicyclic) bond motifs is 9. The topological polar surface area (TPSA) is 46.6 Å². The van der Waals surface area contributed by atoms with Crippen molar-refractivity contribution in [1.82, 2.24) is 0 Å². The summed E-state index contributed by atoms with van der Waals surface area (Å²) in [6, 6.07) is 87.3. The molecule has 14 aromatic rings. The van der Waals surface area contributed by atoms with Gasteiger partial charge in [-0.3, -0.25) is 0 Å². The lowest BCUT2D eigenvalue weighted by atomic mass is 9.36. The number of nitriles is 1. The highest BCUT2D eigenvalue weighted by atomic mass is 32.1. The van der Waals surface area contributed by atoms with Crippen LogP contribution < -0.4 is 46.0 Å². The molecule has 16 rings (SSSR count). The van der Waals surface area contributed by atoms with Crippen LogP contribution in [0.25, 0.3) is 54.3 Å². The number of furan rings is 1. The van der Waals surface area contributed by atoms with Gasteiger partial charge in [-0.1, -0.05) is 206 Å². The molecule has 490 valence electrons. The summed E-state index contributed by atoms with van der Waals surface area (Å²) < 4.78 is 101. The minimum Gasteiger partial charge on any atom is -0.456 e. The summed E-state index contributed by atoms with van der Waals surface area (Å²) in [5.41, 5.74) is 14.2. The number of para-hydroxylation sites is 2. The van der Waals surface area contributed by atoms with Crippen LogP contribution in [0.3, 0.4) is 0 Å². The normalized spacial score (nSPS) is 13.2. The Morgan fingerprint density at radius 1 is 0.450 bits per heavy atom. The van der Waals surface area contributed by atoms with Gasteiger partial charge in [0.2, 0.25) is 0 Å². The first-order chi connectivity index (χ1) is 47.9. The maximum Gasteiger partial charge on any atom is 0.416 e. The number of anilines is 9. The summed E-state index contributed by atoms with van der Waals surface area (Å²) in [5, 5.41) is 14.7. The molecule has 0 unspecified atom stereocenters. The van der Waals surface area contributed by atoms with E-state index in [1.165, 1.54) is 12.1 Å². The van der Waals surface area contributed by atoms with E-state index in [0.29, 0.717) is 39.0 Å². The molecule has 0 saturated heterocycles. The summed E-state index contributed by atoms with van der Waals surface area (Å²) in [7, 11) is -4.17. The SMILES string of the molecule is CC(C)(C)c1ccc(N(c2ccc3c(c2)N(c2ccc(C#N)cc2-c2ccccc2)c2cc([Si](C)(c4cccc(C(F)(F)F)c4)c4cccc(C(F)(F)F)c4)cc4c2B3c2sc3ccc(C(C)(C)C)cc3c2N4c2ccc3oc4ccccc4c3c2)c2ccccc2-c2ccccc2)cc1. The molecule has 5 nitrogen and oxygen atoms in total. The Morgan fingerprint density at radius 2 is 1.04 bits per heavy atom. The summed E-state index contributed by atoms with van der Waals surface area (Å²) in [5.74, 6) is 0. The molecular weight excluding hydrogens is 1290 g/mol. The van der Waals surface area contributed by atoms with Crippen molar-refractivity contribution < 1.29 is 30.8 Å². The fourth-order valence-corrected chi connectivity index (χ4v) is 19.9. The van der Waals surface area contributed by atoms with Crippen LogP contribution in [0.2, 0.25) is 6.55 Å². The lowest BCUT2D eigenvalue weighted by Gasteiger charge is -2.45. The predicted octanol–water partition coefficient (Wildman–Crippen LogP) is 21.3. The molecule has 2 aliphatic rings. The average molecular weight is 1360 g/mol. The lowest BCUT2D eigenvalue weighted by Crippen LogP contribution is -2.66. The first-order valence-corrected chi connectivity index (χ1v) is 36.7. The molecule has 0 aliphatic carbocycles. The molecule has 0 spiro atoms. The third kappa shape index (κ3) is 10.8. The molecule has 0 atom stereocenters. The van der Waals surface area contributed by atoms with E-state index in [-0.39, 0.29) is 21.2 Å². The van der Waals surface area contributed by atoms with Gasteiger partial charge >= 0.3 is 12.4 Å². The van der Waals surface area contributed by atoms with Crippen LogP contribution in [-0.2, 0) is 23.2 Å². The fourth-order valence-electron chi connectivity index (χ4n) is 15.0. The Labute approximate surface area is 582 Å². The highest BCUT2D eigenvalue weighted by molar-refractivity contribution is 7.33. The number of alkyl halides is 6. The number of nitrogens with zero attached hydrogens (tertiary/aromatic N) is 4. The van der Waals surface area contributed by atoms with E-state index < -0.39 is 38.3 Å². The summed E-state index contributed by atoms with van der Waals surface area (Å²) in [6.07, 6.45) is -9.59. The van der Waals surface area contributed by atoms with Gasteiger partial charge in [-0.15, -0.1) is 11.3 Å². The maximum atomic E-state index is 15.5. The largest absolute Gasteiger partial charge is 0.456 e. The number of rotatable bonds is 10. The van der Waals surface area contributed by atoms with E-state index >= 15 is 26.3 Å². The Bertz CT molecular complexity index is 5570. The molecule has 100 heavy (non-hydrogen) atoms. The Hall–Kier alpha value is -10.8. The number of halogens is 6. The van der Waals surface area contributed by atoms with Crippen molar-refractivity contribution in [2.75, 3.05) is 14.7 Å². The molecule has 14 heteroatoms. The number of benzene rings is 12. The summed E-state index contributed by atoms with van der Waals surface area (Å²) in [4.78, 5) is 6.84. The molecule has 0 fully saturated rings. The highest BCUT2D eigenvalue weighted by Gasteiger charge is 2.49. The van der Waals surface area contributed by atoms with Gasteiger partial charge in [-0.2, -0.15) is 31.6 Å². The summed E-state index contributed by atoms with van der Waals surface area (Å²) >= 11 is 1.72. The van der Waals surface area contributed by atoms with Crippen LogP contribution in [0.15, 0.2) is 271 Å². The van der Waals surface area contributed by atoms with Crippen LogP contribution in [0, 0.1) is 11.3 Å². The van der Waals surface area contributed by atoms with Gasteiger partial charge in [0, 0.05) is 70.9 Å². The van der Waals surface area contributed by atoms with Crippen molar-refractivity contribution in [1.29, 1.82) is 5.26 Å². The molecule has 0 amide bonds. The second-order valence-electron chi connectivity index (χ2n) is 28.3. The number of hydrogen-bond acceptors (Lipinski definition) is 6. The Morgan fingerprint density at radius 3 is 1.69 bits per heavy atom. The van der Waals surface area contributed by atoms with E-state index in [4.69, 9.17) is 4.42 Å². The Kier molecular flexibility index (Phi) is 15.1. The summed E-state index contributed by atoms with van der Waals surface area (Å²) in [6.45, 7) is 14.5. The van der Waals surface area contributed by atoms with Crippen molar-refractivity contribution in [2.45, 2.75) is 71.3 Å². The zero-order valence-electron chi connectivity index (χ0n) is 55.9. The second kappa shape index (κ2) is 23.7. The van der Waals surface area contributed by atoms with Crippen molar-refractivity contribution in [2.24, 2.45) is 0 Å². The van der Waals surface area contributed by atoms with E-state index in [9.17, 15) is 5.26 Å². The van der Waals surface area contributed by atoms with Gasteiger partial charge in [0.25, 0.3) is 6.71 Å². The molecule has 2 aliphatic heterocycles. The van der Waals surface area contributed by atoms with Crippen LogP contribution in [0.1, 0.15) is 69.4 Å². The quantitative estimate of drug-likeness (QED) is 0.0776. The van der Waals surface area contributed by atoms with E-state index in [2.05, 4.69) is 172 Å². The molecule has 0 radical (unpaired) electrons. The van der Waals surface area contributed by atoms with E-state index in [0.717, 1.165) is 128 Å². The zero-order chi connectivity index (χ0) is 69.4. The monoisotopic (exact) mass is 1350 g/mol. The number of thiophene rings is 1. The van der Waals surface area contributed by atoms with Gasteiger partial charge in [0.05, 0.1) is 39.8 Å². The smallest absolute Gasteiger partial charge is 0.416 e. The highest BCUT2D eigenvalue weighted by Crippen LogP contribution is 2.52. The molecular formula is C86H65BF6N4OSSi. The van der Waals surface area contributed by atoms with Crippen molar-refractivity contribution in [3.63, 3.8) is 0 Å². The minimum absolute atomic E-state index is 0.156. The van der Waals surface area contributed by atoms with Crippen molar-refractivity contribution >= 4 is 141 Å². The Balaban J connectivity index is 1.08. The van der Waals surface area contributed by atoms with Gasteiger partial charge in [-0.05, 0) is 169 Å². The standard InChI is InChI=1S/C86H65BF6N4OSSi/c1-83(2,3)56-33-36-60(37-34-56)95(72-30-16-14-28-66(72)54-20-10-8-11-21-54)62-38-40-71-74(49-62)97(73-41-32-53(52-94)44-68(73)55-22-12-9-13-23-55)76-51-65(100(7,63-26-18-24-58(45-63)85(88,89)90)64-27-19-25-59(46-64)86(91,92)93)50-75-80(76)87(71)82-81(70-47-57(84(4,5)6)35-43-79(70)99-82)96(75)61-39-42-78-69(48-61)67-29-15-17-31-77(67)98-78/h8-51H,1-7H3. The van der Waals surface area contributed by atoms with Crippen LogP contribution in [-0.4, -0.2) is 14.8 Å². The number of hydrogen-bond donors (Lipinski definition) is 0. The van der Waals surface area contributed by atoms with Gasteiger partial charge in [0.1, 0.15) is 19.2 Å². The second-order valence-corrected chi connectivity index (χ2v) is 33.4. The average Bonchev–Trinajstić information content (AvgIpc) is 1.21. The molecule has 12 aromatic carbocycles. The minimum atomic E-state index is -4.80. The molecule has 4 heterocycles. The van der Waals surface area contributed by atoms with Gasteiger partial charge in [-0.25, -0.2) is 0 Å². The van der Waals surface area contributed by atoms with Gasteiger partial charge < -0.3 is 19.1 Å². The van der Waals surface area contributed by atoms with E-state index in [1.807, 2.05) is 116 Å². The zero-order valence-corrected chi connectivity index (χ0v) is 57.7. The van der Waals surface area contributed by atoms with Crippen molar-refractivity contribution in [3.8, 4) is 28.3 Å². The first kappa shape index (κ1) is 63.9. The van der Waals surface area contributed by atoms with Crippen molar-refractivity contribution in [3.05, 3.63) is 295 Å².